The summed E-state index contributed by atoms with van der Waals surface area (Å²) in [7, 11) is 0. The van der Waals surface area contributed by atoms with Gasteiger partial charge in [-0.15, -0.1) is 0 Å². The first-order valence-electron chi connectivity index (χ1n) is 16.9. The third-order valence-electron chi connectivity index (χ3n) is 7.92. The predicted molar refractivity (Wildman–Crippen MR) is 161 cm³/mol. The van der Waals surface area contributed by atoms with Crippen LogP contribution in [-0.4, -0.2) is 12.6 Å². The first kappa shape index (κ1) is 35.5. The number of hydrogen-bond donors (Lipinski definition) is 0. The van der Waals surface area contributed by atoms with Gasteiger partial charge in [0.15, 0.2) is 0 Å². The van der Waals surface area contributed by atoms with Crippen molar-refractivity contribution in [2.45, 2.75) is 201 Å². The minimum atomic E-state index is 0.0262. The molecule has 0 aliphatic heterocycles. The number of esters is 1. The molecule has 216 valence electrons. The Labute approximate surface area is 228 Å². The number of hydrogen-bond acceptors (Lipinski definition) is 2. The van der Waals surface area contributed by atoms with E-state index in [4.69, 9.17) is 4.74 Å². The van der Waals surface area contributed by atoms with E-state index in [0.29, 0.717) is 13.0 Å². The van der Waals surface area contributed by atoms with E-state index in [1.165, 1.54) is 161 Å². The summed E-state index contributed by atoms with van der Waals surface area (Å²) < 4.78 is 5.45. The molecule has 0 bridgehead atoms. The molecule has 0 heterocycles. The smallest absolute Gasteiger partial charge is 0.305 e. The van der Waals surface area contributed by atoms with Gasteiger partial charge in [-0.2, -0.15) is 0 Å². The summed E-state index contributed by atoms with van der Waals surface area (Å²) >= 11 is 0. The van der Waals surface area contributed by atoms with Gasteiger partial charge in [-0.25, -0.2) is 0 Å². The fourth-order valence-corrected chi connectivity index (χ4v) is 5.49. The van der Waals surface area contributed by atoms with Crippen LogP contribution >= 0.6 is 0 Å². The quantitative estimate of drug-likeness (QED) is 0.0712. The van der Waals surface area contributed by atoms with Gasteiger partial charge in [-0.05, 0) is 18.8 Å². The van der Waals surface area contributed by atoms with Crippen molar-refractivity contribution in [1.82, 2.24) is 0 Å². The van der Waals surface area contributed by atoms with Gasteiger partial charge in [0, 0.05) is 6.42 Å². The fourth-order valence-electron chi connectivity index (χ4n) is 5.49. The van der Waals surface area contributed by atoms with Crippen molar-refractivity contribution in [3.8, 4) is 0 Å². The molecule has 0 aromatic heterocycles. The number of ether oxygens (including phenoxy) is 1. The van der Waals surface area contributed by atoms with E-state index in [1.807, 2.05) is 0 Å². The highest BCUT2D eigenvalue weighted by atomic mass is 16.5. The van der Waals surface area contributed by atoms with E-state index >= 15 is 0 Å². The summed E-state index contributed by atoms with van der Waals surface area (Å²) in [5.41, 5.74) is 0. The first-order valence-corrected chi connectivity index (χ1v) is 16.9. The van der Waals surface area contributed by atoms with Crippen LogP contribution in [0.3, 0.4) is 0 Å². The number of carbonyl (C=O) groups excluding carboxylic acids is 1. The van der Waals surface area contributed by atoms with E-state index < -0.39 is 0 Å². The normalized spacial score (nSPS) is 12.2. The van der Waals surface area contributed by atoms with Gasteiger partial charge in [0.2, 0.25) is 0 Å². The Morgan fingerprint density at radius 3 is 1.28 bits per heavy atom. The van der Waals surface area contributed by atoms with E-state index in [-0.39, 0.29) is 5.97 Å². The van der Waals surface area contributed by atoms with Crippen molar-refractivity contribution in [3.05, 3.63) is 0 Å². The molecule has 36 heavy (non-hydrogen) atoms. The zero-order valence-corrected chi connectivity index (χ0v) is 25.4. The third-order valence-corrected chi connectivity index (χ3v) is 7.92. The van der Waals surface area contributed by atoms with Crippen LogP contribution in [0.2, 0.25) is 0 Å². The summed E-state index contributed by atoms with van der Waals surface area (Å²) in [6.45, 7) is 7.55. The van der Waals surface area contributed by atoms with Gasteiger partial charge < -0.3 is 4.74 Å². The molecule has 0 spiro atoms. The van der Waals surface area contributed by atoms with Crippen LogP contribution in [0.5, 0.6) is 0 Å². The zero-order chi connectivity index (χ0) is 26.4. The zero-order valence-electron chi connectivity index (χ0n) is 25.4. The van der Waals surface area contributed by atoms with Crippen LogP contribution in [0.4, 0.5) is 0 Å². The van der Waals surface area contributed by atoms with Crippen molar-refractivity contribution in [2.24, 2.45) is 5.92 Å². The maximum Gasteiger partial charge on any atom is 0.305 e. The van der Waals surface area contributed by atoms with Gasteiger partial charge in [-0.1, -0.05) is 181 Å². The molecule has 0 aromatic rings. The lowest BCUT2D eigenvalue weighted by Crippen LogP contribution is -2.05. The third kappa shape index (κ3) is 28.0. The number of carbonyl (C=O) groups is 1. The van der Waals surface area contributed by atoms with E-state index in [0.717, 1.165) is 18.8 Å². The van der Waals surface area contributed by atoms with E-state index in [2.05, 4.69) is 20.8 Å². The molecule has 0 saturated heterocycles. The Morgan fingerprint density at radius 2 is 0.833 bits per heavy atom. The van der Waals surface area contributed by atoms with Crippen molar-refractivity contribution in [2.75, 3.05) is 6.61 Å². The Hall–Kier alpha value is -0.530. The predicted octanol–water partition coefficient (Wildman–Crippen LogP) is 12.1. The van der Waals surface area contributed by atoms with Crippen molar-refractivity contribution >= 4 is 5.97 Å². The molecular weight excluding hydrogens is 440 g/mol. The molecule has 0 aliphatic rings. The summed E-state index contributed by atoms with van der Waals surface area (Å²) in [4.78, 5) is 11.9. The summed E-state index contributed by atoms with van der Waals surface area (Å²) in [5, 5.41) is 0. The second-order valence-corrected chi connectivity index (χ2v) is 11.6. The Bertz CT molecular complexity index is 419. The Balaban J connectivity index is 3.39. The van der Waals surface area contributed by atoms with Gasteiger partial charge in [0.1, 0.15) is 0 Å². The second kappa shape index (κ2) is 30.7. The lowest BCUT2D eigenvalue weighted by atomic mass is 9.90. The van der Waals surface area contributed by atoms with Crippen molar-refractivity contribution in [3.63, 3.8) is 0 Å². The molecule has 0 saturated carbocycles. The monoisotopic (exact) mass is 509 g/mol. The van der Waals surface area contributed by atoms with Crippen LogP contribution in [0, 0.1) is 5.92 Å². The Morgan fingerprint density at radius 1 is 0.444 bits per heavy atom. The fraction of sp³-hybridized carbons (Fsp3) is 0.971. The first-order chi connectivity index (χ1) is 17.7. The summed E-state index contributed by atoms with van der Waals surface area (Å²) in [5.74, 6) is 0.999. The van der Waals surface area contributed by atoms with Gasteiger partial charge in [-0.3, -0.25) is 4.79 Å². The second-order valence-electron chi connectivity index (χ2n) is 11.6. The number of unbranched alkanes of at least 4 members (excludes halogenated alkanes) is 20. The van der Waals surface area contributed by atoms with E-state index in [1.54, 1.807) is 0 Å². The minimum Gasteiger partial charge on any atom is -0.466 e. The number of rotatable bonds is 30. The van der Waals surface area contributed by atoms with E-state index in [9.17, 15) is 4.79 Å². The standard InChI is InChI=1S/C34H68O2/c1-4-7-9-11-13-14-15-16-17-22-26-31-34(35)36-32-27-23-19-18-21-25-30-33(28-6-3)29-24-20-12-10-8-5-2/h33H,4-32H2,1-3H3. The molecule has 2 heteroatoms. The van der Waals surface area contributed by atoms with Gasteiger partial charge in [0.25, 0.3) is 0 Å². The van der Waals surface area contributed by atoms with Crippen LogP contribution in [0.1, 0.15) is 201 Å². The summed E-state index contributed by atoms with van der Waals surface area (Å²) in [6, 6.07) is 0. The van der Waals surface area contributed by atoms with Gasteiger partial charge in [0.05, 0.1) is 6.61 Å². The van der Waals surface area contributed by atoms with Gasteiger partial charge >= 0.3 is 5.97 Å². The topological polar surface area (TPSA) is 26.3 Å². The lowest BCUT2D eigenvalue weighted by Gasteiger charge is -2.16. The average molecular weight is 509 g/mol. The van der Waals surface area contributed by atoms with Crippen molar-refractivity contribution < 1.29 is 9.53 Å². The maximum atomic E-state index is 11.9. The summed E-state index contributed by atoms with van der Waals surface area (Å²) in [6.07, 6.45) is 37.1. The molecule has 1 atom stereocenters. The average Bonchev–Trinajstić information content (AvgIpc) is 2.88. The molecule has 0 aromatic carbocycles. The lowest BCUT2D eigenvalue weighted by molar-refractivity contribution is -0.143. The molecule has 0 amide bonds. The molecule has 0 rings (SSSR count). The molecule has 1 unspecified atom stereocenters. The minimum absolute atomic E-state index is 0.0262. The molecular formula is C34H68O2. The molecule has 0 fully saturated rings. The maximum absolute atomic E-state index is 11.9. The van der Waals surface area contributed by atoms with Crippen LogP contribution < -0.4 is 0 Å². The van der Waals surface area contributed by atoms with Crippen molar-refractivity contribution in [1.29, 1.82) is 0 Å². The highest BCUT2D eigenvalue weighted by Crippen LogP contribution is 2.23. The van der Waals surface area contributed by atoms with Crippen LogP contribution in [-0.2, 0) is 9.53 Å². The molecule has 2 nitrogen and oxygen atoms in total. The Kier molecular flexibility index (Phi) is 30.2. The SMILES string of the molecule is CCCCCCCCCCCCCC(=O)OCCCCCCCCC(CCC)CCCCCCCC. The molecule has 0 N–H and O–H groups in total. The largest absolute Gasteiger partial charge is 0.466 e. The molecule has 0 radical (unpaired) electrons. The molecule has 0 aliphatic carbocycles. The van der Waals surface area contributed by atoms with Crippen LogP contribution in [0.25, 0.3) is 0 Å². The highest BCUT2D eigenvalue weighted by molar-refractivity contribution is 5.69. The highest BCUT2D eigenvalue weighted by Gasteiger charge is 2.07. The van der Waals surface area contributed by atoms with Crippen LogP contribution in [0.15, 0.2) is 0 Å².